The van der Waals surface area contributed by atoms with Crippen LogP contribution in [0.2, 0.25) is 0 Å². The van der Waals surface area contributed by atoms with Gasteiger partial charge in [-0.25, -0.2) is 4.68 Å². The third-order valence-corrected chi connectivity index (χ3v) is 2.44. The van der Waals surface area contributed by atoms with Gasteiger partial charge in [0.05, 0.1) is 11.4 Å². The summed E-state index contributed by atoms with van der Waals surface area (Å²) >= 11 is 0. The van der Waals surface area contributed by atoms with E-state index in [1.54, 1.807) is 0 Å². The lowest BCUT2D eigenvalue weighted by atomic mass is 10.2. The molecule has 1 N–H and O–H groups in total. The van der Waals surface area contributed by atoms with E-state index in [0.717, 1.165) is 29.2 Å². The molecule has 16 heavy (non-hydrogen) atoms. The standard InChI is InChI=1S/C12H16N4/c1-9-4-5-16(15-9)12-6-10(2)14-8-11(12)7-13-3/h4-6,8,13H,7H2,1-3H3. The zero-order chi connectivity index (χ0) is 11.5. The first-order chi connectivity index (χ1) is 7.70. The lowest BCUT2D eigenvalue weighted by molar-refractivity contribution is 0.778. The van der Waals surface area contributed by atoms with Crippen LogP contribution in [0.1, 0.15) is 17.0 Å². The molecule has 0 bridgehead atoms. The molecular weight excluding hydrogens is 200 g/mol. The van der Waals surface area contributed by atoms with Crippen molar-refractivity contribution in [2.24, 2.45) is 0 Å². The van der Waals surface area contributed by atoms with Gasteiger partial charge in [0.25, 0.3) is 0 Å². The number of hydrogen-bond donors (Lipinski definition) is 1. The van der Waals surface area contributed by atoms with E-state index in [1.807, 2.05) is 44.0 Å². The lowest BCUT2D eigenvalue weighted by Crippen LogP contribution is -2.10. The maximum absolute atomic E-state index is 4.43. The van der Waals surface area contributed by atoms with E-state index in [1.165, 1.54) is 0 Å². The van der Waals surface area contributed by atoms with E-state index >= 15 is 0 Å². The van der Waals surface area contributed by atoms with Crippen LogP contribution in [-0.4, -0.2) is 21.8 Å². The van der Waals surface area contributed by atoms with Gasteiger partial charge in [-0.2, -0.15) is 5.10 Å². The number of hydrogen-bond acceptors (Lipinski definition) is 3. The predicted molar refractivity (Wildman–Crippen MR) is 63.6 cm³/mol. The van der Waals surface area contributed by atoms with Crippen LogP contribution in [0.25, 0.3) is 5.69 Å². The van der Waals surface area contributed by atoms with Crippen molar-refractivity contribution < 1.29 is 0 Å². The van der Waals surface area contributed by atoms with E-state index in [4.69, 9.17) is 0 Å². The summed E-state index contributed by atoms with van der Waals surface area (Å²) in [6.45, 7) is 4.77. The Morgan fingerprint density at radius 3 is 2.75 bits per heavy atom. The van der Waals surface area contributed by atoms with Gasteiger partial charge in [0.2, 0.25) is 0 Å². The Bertz CT molecular complexity index is 488. The number of rotatable bonds is 3. The quantitative estimate of drug-likeness (QED) is 0.847. The Hall–Kier alpha value is -1.68. The molecule has 4 nitrogen and oxygen atoms in total. The van der Waals surface area contributed by atoms with Crippen LogP contribution in [0.4, 0.5) is 0 Å². The van der Waals surface area contributed by atoms with Crippen molar-refractivity contribution in [3.63, 3.8) is 0 Å². The third-order valence-electron chi connectivity index (χ3n) is 2.44. The molecule has 0 saturated heterocycles. The van der Waals surface area contributed by atoms with Crippen molar-refractivity contribution >= 4 is 0 Å². The monoisotopic (exact) mass is 216 g/mol. The van der Waals surface area contributed by atoms with Gasteiger partial charge in [-0.05, 0) is 33.0 Å². The number of aryl methyl sites for hydroxylation is 2. The minimum Gasteiger partial charge on any atom is -0.316 e. The molecule has 0 spiro atoms. The second-order valence-electron chi connectivity index (χ2n) is 3.89. The number of pyridine rings is 1. The smallest absolute Gasteiger partial charge is 0.0724 e. The molecule has 0 unspecified atom stereocenters. The molecule has 84 valence electrons. The van der Waals surface area contributed by atoms with Crippen LogP contribution in [0, 0.1) is 13.8 Å². The fourth-order valence-electron chi connectivity index (χ4n) is 1.66. The molecule has 2 aromatic heterocycles. The van der Waals surface area contributed by atoms with Crippen LogP contribution in [0.5, 0.6) is 0 Å². The van der Waals surface area contributed by atoms with Crippen LogP contribution in [0.15, 0.2) is 24.5 Å². The Kier molecular flexibility index (Phi) is 3.01. The largest absolute Gasteiger partial charge is 0.316 e. The van der Waals surface area contributed by atoms with Crippen molar-refractivity contribution in [1.82, 2.24) is 20.1 Å². The molecule has 0 fully saturated rings. The first-order valence-corrected chi connectivity index (χ1v) is 5.33. The van der Waals surface area contributed by atoms with Crippen molar-refractivity contribution in [2.75, 3.05) is 7.05 Å². The molecule has 2 rings (SSSR count). The van der Waals surface area contributed by atoms with Gasteiger partial charge in [0.15, 0.2) is 0 Å². The van der Waals surface area contributed by atoms with Gasteiger partial charge in [-0.3, -0.25) is 4.98 Å². The molecule has 0 amide bonds. The molecule has 4 heteroatoms. The Balaban J connectivity index is 2.48. The van der Waals surface area contributed by atoms with Gasteiger partial charge < -0.3 is 5.32 Å². The fourth-order valence-corrected chi connectivity index (χ4v) is 1.66. The van der Waals surface area contributed by atoms with Gasteiger partial charge in [0.1, 0.15) is 0 Å². The van der Waals surface area contributed by atoms with Gasteiger partial charge in [0, 0.05) is 30.2 Å². The van der Waals surface area contributed by atoms with E-state index in [2.05, 4.69) is 21.5 Å². The summed E-state index contributed by atoms with van der Waals surface area (Å²) in [5.74, 6) is 0. The first kappa shape index (κ1) is 10.8. The Morgan fingerprint density at radius 2 is 2.12 bits per heavy atom. The molecule has 0 saturated carbocycles. The zero-order valence-corrected chi connectivity index (χ0v) is 9.86. The second kappa shape index (κ2) is 4.45. The van der Waals surface area contributed by atoms with Crippen LogP contribution >= 0.6 is 0 Å². The van der Waals surface area contributed by atoms with Gasteiger partial charge in [-0.15, -0.1) is 0 Å². The molecule has 2 heterocycles. The topological polar surface area (TPSA) is 42.7 Å². The van der Waals surface area contributed by atoms with E-state index in [9.17, 15) is 0 Å². The molecule has 0 aliphatic carbocycles. The zero-order valence-electron chi connectivity index (χ0n) is 9.86. The lowest BCUT2D eigenvalue weighted by Gasteiger charge is -2.09. The number of nitrogens with zero attached hydrogens (tertiary/aromatic N) is 3. The molecule has 0 aromatic carbocycles. The Morgan fingerprint density at radius 1 is 1.31 bits per heavy atom. The highest BCUT2D eigenvalue weighted by molar-refractivity contribution is 5.40. The van der Waals surface area contributed by atoms with Crippen molar-refractivity contribution in [3.05, 3.63) is 41.5 Å². The van der Waals surface area contributed by atoms with E-state index in [0.29, 0.717) is 0 Å². The maximum Gasteiger partial charge on any atom is 0.0724 e. The maximum atomic E-state index is 4.43. The minimum atomic E-state index is 0.793. The summed E-state index contributed by atoms with van der Waals surface area (Å²) in [4.78, 5) is 4.31. The van der Waals surface area contributed by atoms with E-state index < -0.39 is 0 Å². The van der Waals surface area contributed by atoms with Crippen molar-refractivity contribution in [2.45, 2.75) is 20.4 Å². The Labute approximate surface area is 95.3 Å². The van der Waals surface area contributed by atoms with Crippen molar-refractivity contribution in [3.8, 4) is 5.69 Å². The van der Waals surface area contributed by atoms with Gasteiger partial charge in [-0.1, -0.05) is 0 Å². The average molecular weight is 216 g/mol. The molecular formula is C12H16N4. The molecule has 0 radical (unpaired) electrons. The van der Waals surface area contributed by atoms with Gasteiger partial charge >= 0.3 is 0 Å². The minimum absolute atomic E-state index is 0.793. The highest BCUT2D eigenvalue weighted by Crippen LogP contribution is 2.14. The average Bonchev–Trinajstić information content (AvgIpc) is 2.68. The summed E-state index contributed by atoms with van der Waals surface area (Å²) < 4.78 is 1.90. The number of nitrogens with one attached hydrogen (secondary N) is 1. The normalized spacial score (nSPS) is 10.7. The number of aromatic nitrogens is 3. The summed E-state index contributed by atoms with van der Waals surface area (Å²) in [6.07, 6.45) is 3.88. The van der Waals surface area contributed by atoms with Crippen molar-refractivity contribution in [1.29, 1.82) is 0 Å². The molecule has 0 aliphatic rings. The van der Waals surface area contributed by atoms with E-state index in [-0.39, 0.29) is 0 Å². The summed E-state index contributed by atoms with van der Waals surface area (Å²) in [5.41, 5.74) is 4.26. The van der Waals surface area contributed by atoms with Crippen LogP contribution < -0.4 is 5.32 Å². The highest BCUT2D eigenvalue weighted by atomic mass is 15.3. The SMILES string of the molecule is CNCc1cnc(C)cc1-n1ccc(C)n1. The molecule has 0 aliphatic heterocycles. The summed E-state index contributed by atoms with van der Waals surface area (Å²) in [7, 11) is 1.93. The fraction of sp³-hybridized carbons (Fsp3) is 0.333. The summed E-state index contributed by atoms with van der Waals surface area (Å²) in [6, 6.07) is 4.05. The molecule has 2 aromatic rings. The predicted octanol–water partition coefficient (Wildman–Crippen LogP) is 1.60. The second-order valence-corrected chi connectivity index (χ2v) is 3.89. The first-order valence-electron chi connectivity index (χ1n) is 5.33. The molecule has 0 atom stereocenters. The van der Waals surface area contributed by atoms with Crippen LogP contribution in [-0.2, 0) is 6.54 Å². The third kappa shape index (κ3) is 2.12. The van der Waals surface area contributed by atoms with Crippen LogP contribution in [0.3, 0.4) is 0 Å². The highest BCUT2D eigenvalue weighted by Gasteiger charge is 2.06. The summed E-state index contributed by atoms with van der Waals surface area (Å²) in [5, 5.41) is 7.57.